The number of halogens is 2. The summed E-state index contributed by atoms with van der Waals surface area (Å²) in [6.07, 6.45) is 3.94. The van der Waals surface area contributed by atoms with Crippen LogP contribution in [0.3, 0.4) is 0 Å². The van der Waals surface area contributed by atoms with E-state index in [1.54, 1.807) is 6.07 Å². The number of nitrogens with one attached hydrogen (secondary N) is 1. The van der Waals surface area contributed by atoms with Crippen LogP contribution in [0.25, 0.3) is 0 Å². The molecule has 4 amide bonds. The number of fused-ring (bicyclic) bond motifs is 1. The summed E-state index contributed by atoms with van der Waals surface area (Å²) in [6.45, 7) is 7.48. The van der Waals surface area contributed by atoms with Gasteiger partial charge in [-0.1, -0.05) is 47.5 Å². The number of hydrogen-bond donors (Lipinski definition) is 1. The van der Waals surface area contributed by atoms with E-state index in [4.69, 9.17) is 23.2 Å². The first-order chi connectivity index (χ1) is 21.7. The number of piperidine rings is 2. The highest BCUT2D eigenvalue weighted by atomic mass is 35.5. The monoisotopic (exact) mass is 654 g/mol. The topological polar surface area (TPSA) is 79.4 Å². The second-order valence-corrected chi connectivity index (χ2v) is 13.9. The van der Waals surface area contributed by atoms with Crippen molar-refractivity contribution in [3.8, 4) is 0 Å². The summed E-state index contributed by atoms with van der Waals surface area (Å²) >= 11 is 12.5. The number of amides is 4. The predicted octanol–water partition coefficient (Wildman–Crippen LogP) is 4.82. The van der Waals surface area contributed by atoms with Crippen molar-refractivity contribution in [3.05, 3.63) is 63.6 Å². The lowest BCUT2D eigenvalue weighted by Crippen LogP contribution is -2.54. The maximum Gasteiger partial charge on any atom is 0.322 e. The number of carbonyl (C=O) groups is 3. The van der Waals surface area contributed by atoms with Crippen molar-refractivity contribution >= 4 is 46.7 Å². The number of anilines is 1. The van der Waals surface area contributed by atoms with E-state index < -0.39 is 5.92 Å². The van der Waals surface area contributed by atoms with Gasteiger partial charge in [0.25, 0.3) is 0 Å². The maximum absolute atomic E-state index is 14.0. The molecule has 3 saturated heterocycles. The van der Waals surface area contributed by atoms with Crippen molar-refractivity contribution in [2.45, 2.75) is 57.2 Å². The van der Waals surface area contributed by atoms with Gasteiger partial charge >= 0.3 is 6.03 Å². The average Bonchev–Trinajstić information content (AvgIpc) is 3.06. The molecule has 0 saturated carbocycles. The Hall–Kier alpha value is -2.85. The van der Waals surface area contributed by atoms with Crippen molar-refractivity contribution in [2.24, 2.45) is 5.92 Å². The van der Waals surface area contributed by atoms with Crippen LogP contribution in [0.1, 0.15) is 43.2 Å². The summed E-state index contributed by atoms with van der Waals surface area (Å²) in [5, 5.41) is 3.93. The number of hydrogen-bond acceptors (Lipinski definition) is 5. The molecule has 0 unspecified atom stereocenters. The molecule has 1 N–H and O–H groups in total. The van der Waals surface area contributed by atoms with Gasteiger partial charge in [0.2, 0.25) is 11.8 Å². The number of rotatable bonds is 7. The van der Waals surface area contributed by atoms with E-state index in [1.165, 1.54) is 0 Å². The van der Waals surface area contributed by atoms with Gasteiger partial charge in [0.05, 0.1) is 16.0 Å². The van der Waals surface area contributed by atoms with Gasteiger partial charge in [-0.15, -0.1) is 0 Å². The van der Waals surface area contributed by atoms with Crippen LogP contribution in [0, 0.1) is 5.92 Å². The maximum atomic E-state index is 14.0. The Kier molecular flexibility index (Phi) is 10.2. The van der Waals surface area contributed by atoms with Crippen LogP contribution >= 0.6 is 23.2 Å². The first-order valence-corrected chi connectivity index (χ1v) is 17.1. The summed E-state index contributed by atoms with van der Waals surface area (Å²) in [7, 11) is 2.17. The molecule has 1 atom stereocenters. The molecule has 0 radical (unpaired) electrons. The highest BCUT2D eigenvalue weighted by molar-refractivity contribution is 6.42. The van der Waals surface area contributed by atoms with Crippen LogP contribution < -0.4 is 5.32 Å². The normalized spacial score (nSPS) is 21.4. The Bertz CT molecular complexity index is 1380. The minimum absolute atomic E-state index is 0.00683. The SMILES string of the molecule is CN1CCN(C2CCN(C(=O)[C@@H](CC(=O)N3CCC(N4Cc5ccccc5NC4=O)CC3)Cc3ccc(Cl)c(Cl)c3)CC2)CC1. The number of likely N-dealkylation sites (tertiary alicyclic amines) is 2. The molecule has 6 rings (SSSR count). The molecule has 2 aromatic rings. The number of carbonyl (C=O) groups excluding carboxylic acids is 3. The minimum atomic E-state index is -0.475. The van der Waals surface area contributed by atoms with Gasteiger partial charge in [0.15, 0.2) is 0 Å². The van der Waals surface area contributed by atoms with Crippen molar-refractivity contribution in [1.82, 2.24) is 24.5 Å². The van der Waals surface area contributed by atoms with Crippen LogP contribution in [0.4, 0.5) is 10.5 Å². The lowest BCUT2D eigenvalue weighted by atomic mass is 9.92. The van der Waals surface area contributed by atoms with Gasteiger partial charge in [0, 0.05) is 83.1 Å². The zero-order chi connectivity index (χ0) is 31.5. The van der Waals surface area contributed by atoms with Crippen LogP contribution in [0.15, 0.2) is 42.5 Å². The van der Waals surface area contributed by atoms with Gasteiger partial charge in [-0.2, -0.15) is 0 Å². The number of piperazine rings is 1. The van der Waals surface area contributed by atoms with Crippen LogP contribution in [-0.4, -0.2) is 114 Å². The van der Waals surface area contributed by atoms with Crippen molar-refractivity contribution in [2.75, 3.05) is 64.7 Å². The Morgan fingerprint density at radius 3 is 2.22 bits per heavy atom. The van der Waals surface area contributed by atoms with E-state index >= 15 is 0 Å². The quantitative estimate of drug-likeness (QED) is 0.463. The first kappa shape index (κ1) is 32.1. The number of urea groups is 1. The molecular formula is C34H44Cl2N6O3. The second-order valence-electron chi connectivity index (χ2n) is 13.1. The molecule has 0 aromatic heterocycles. The molecule has 2 aromatic carbocycles. The fraction of sp³-hybridized carbons (Fsp3) is 0.559. The van der Waals surface area contributed by atoms with Gasteiger partial charge in [-0.25, -0.2) is 4.79 Å². The largest absolute Gasteiger partial charge is 0.343 e. The number of para-hydroxylation sites is 1. The molecular weight excluding hydrogens is 611 g/mol. The van der Waals surface area contributed by atoms with E-state index in [9.17, 15) is 14.4 Å². The van der Waals surface area contributed by atoms with Gasteiger partial charge in [-0.3, -0.25) is 14.5 Å². The van der Waals surface area contributed by atoms with Crippen LogP contribution in [0.2, 0.25) is 10.0 Å². The lowest BCUT2D eigenvalue weighted by molar-refractivity contribution is -0.143. The number of likely N-dealkylation sites (N-methyl/N-ethyl adjacent to an activating group) is 1. The fourth-order valence-electron chi connectivity index (χ4n) is 7.38. The highest BCUT2D eigenvalue weighted by Crippen LogP contribution is 2.30. The second kappa shape index (κ2) is 14.3. The zero-order valence-corrected chi connectivity index (χ0v) is 27.6. The van der Waals surface area contributed by atoms with Crippen LogP contribution in [-0.2, 0) is 22.6 Å². The zero-order valence-electron chi connectivity index (χ0n) is 26.1. The summed E-state index contributed by atoms with van der Waals surface area (Å²) in [5.74, 6) is -0.436. The standard InChI is InChI=1S/C34H44Cl2N6O3/c1-38-16-18-39(19-17-38)27-8-14-41(15-9-27)33(44)26(20-24-6-7-29(35)30(36)21-24)22-32(43)40-12-10-28(11-13-40)42-23-25-4-2-3-5-31(25)37-34(42)45/h2-7,21,26-28H,8-20,22-23H2,1H3,(H,37,45)/t26-/m1/s1. The highest BCUT2D eigenvalue weighted by Gasteiger charge is 2.36. The first-order valence-electron chi connectivity index (χ1n) is 16.3. The van der Waals surface area contributed by atoms with Crippen molar-refractivity contribution < 1.29 is 14.4 Å². The van der Waals surface area contributed by atoms with E-state index in [2.05, 4.69) is 22.2 Å². The molecule has 11 heteroatoms. The Balaban J connectivity index is 1.07. The molecule has 4 heterocycles. The summed E-state index contributed by atoms with van der Waals surface area (Å²) in [5.41, 5.74) is 2.87. The molecule has 45 heavy (non-hydrogen) atoms. The van der Waals surface area contributed by atoms with Gasteiger partial charge in [0.1, 0.15) is 0 Å². The lowest BCUT2D eigenvalue weighted by Gasteiger charge is -2.43. The molecule has 9 nitrogen and oxygen atoms in total. The molecule has 3 fully saturated rings. The molecule has 0 spiro atoms. The van der Waals surface area contributed by atoms with E-state index in [0.29, 0.717) is 68.1 Å². The number of nitrogens with zero attached hydrogens (tertiary/aromatic N) is 5. The Morgan fingerprint density at radius 1 is 0.844 bits per heavy atom. The van der Waals surface area contributed by atoms with Crippen molar-refractivity contribution in [3.63, 3.8) is 0 Å². The number of benzene rings is 2. The molecule has 0 bridgehead atoms. The van der Waals surface area contributed by atoms with E-state index in [-0.39, 0.29) is 30.3 Å². The van der Waals surface area contributed by atoms with Crippen LogP contribution in [0.5, 0.6) is 0 Å². The Labute approximate surface area is 276 Å². The average molecular weight is 656 g/mol. The summed E-state index contributed by atoms with van der Waals surface area (Å²) in [4.78, 5) is 51.3. The van der Waals surface area contributed by atoms with E-state index in [1.807, 2.05) is 51.1 Å². The smallest absolute Gasteiger partial charge is 0.322 e. The third kappa shape index (κ3) is 7.59. The minimum Gasteiger partial charge on any atom is -0.343 e. The molecule has 0 aliphatic carbocycles. The predicted molar refractivity (Wildman–Crippen MR) is 178 cm³/mol. The fourth-order valence-corrected chi connectivity index (χ4v) is 7.70. The third-order valence-corrected chi connectivity index (χ3v) is 10.9. The third-order valence-electron chi connectivity index (χ3n) is 10.2. The molecule has 4 aliphatic rings. The molecule has 242 valence electrons. The summed E-state index contributed by atoms with van der Waals surface area (Å²) < 4.78 is 0. The van der Waals surface area contributed by atoms with Crippen molar-refractivity contribution in [1.29, 1.82) is 0 Å². The van der Waals surface area contributed by atoms with E-state index in [0.717, 1.165) is 55.8 Å². The Morgan fingerprint density at radius 2 is 1.51 bits per heavy atom. The van der Waals surface area contributed by atoms with Gasteiger partial charge < -0.3 is 24.9 Å². The van der Waals surface area contributed by atoms with Gasteiger partial charge in [-0.05, 0) is 68.5 Å². The summed E-state index contributed by atoms with van der Waals surface area (Å²) in [6, 6.07) is 13.8. The molecule has 4 aliphatic heterocycles.